The molecule has 6 heteroatoms. The zero-order chi connectivity index (χ0) is 15.6. The van der Waals surface area contributed by atoms with Gasteiger partial charge in [-0.05, 0) is 50.0 Å². The van der Waals surface area contributed by atoms with Crippen LogP contribution in [0.15, 0.2) is 24.3 Å². The molecule has 0 atom stereocenters. The number of amides is 1. The van der Waals surface area contributed by atoms with Crippen molar-refractivity contribution in [1.29, 1.82) is 0 Å². The molecule has 1 aromatic carbocycles. The lowest BCUT2D eigenvalue weighted by molar-refractivity contribution is -0.121. The fourth-order valence-corrected chi connectivity index (χ4v) is 2.96. The lowest BCUT2D eigenvalue weighted by Crippen LogP contribution is -2.27. The maximum Gasteiger partial charge on any atom is 0.220 e. The summed E-state index contributed by atoms with van der Waals surface area (Å²) in [5, 5.41) is 3.01. The van der Waals surface area contributed by atoms with Gasteiger partial charge in [0, 0.05) is 19.5 Å². The number of hydrogen-bond donors (Lipinski definition) is 2. The second-order valence-electron chi connectivity index (χ2n) is 6.13. The van der Waals surface area contributed by atoms with Gasteiger partial charge in [0.25, 0.3) is 0 Å². The van der Waals surface area contributed by atoms with Gasteiger partial charge in [-0.2, -0.15) is 0 Å². The molecule has 1 amide bonds. The van der Waals surface area contributed by atoms with Gasteiger partial charge in [0.15, 0.2) is 0 Å². The number of carbonyl (C=O) groups excluding carboxylic acids is 1. The molecule has 24 heavy (non-hydrogen) atoms. The van der Waals surface area contributed by atoms with Gasteiger partial charge in [0.1, 0.15) is 0 Å². The summed E-state index contributed by atoms with van der Waals surface area (Å²) in [6, 6.07) is 8.45. The highest BCUT2D eigenvalue weighted by Gasteiger charge is 2.12. The van der Waals surface area contributed by atoms with Crippen molar-refractivity contribution in [2.75, 3.05) is 19.6 Å². The molecule has 1 aliphatic heterocycles. The van der Waals surface area contributed by atoms with Crippen LogP contribution in [0.25, 0.3) is 0 Å². The van der Waals surface area contributed by atoms with Crippen molar-refractivity contribution in [1.82, 2.24) is 10.2 Å². The lowest BCUT2D eigenvalue weighted by Gasteiger charge is -2.21. The number of nitrogens with two attached hydrogens (primary N) is 1. The SMILES string of the molecule is Cl.Cl.NCCCC(=O)NCc1ccccc1CN1CCCCCC1. The Morgan fingerprint density at radius 1 is 1.04 bits per heavy atom. The zero-order valence-electron chi connectivity index (χ0n) is 14.3. The van der Waals surface area contributed by atoms with Crippen LogP contribution in [-0.2, 0) is 17.9 Å². The lowest BCUT2D eigenvalue weighted by atomic mass is 10.1. The molecule has 1 aromatic rings. The molecule has 1 heterocycles. The second-order valence-corrected chi connectivity index (χ2v) is 6.13. The van der Waals surface area contributed by atoms with Crippen molar-refractivity contribution in [2.45, 2.75) is 51.6 Å². The highest BCUT2D eigenvalue weighted by molar-refractivity contribution is 5.85. The number of rotatable bonds is 7. The van der Waals surface area contributed by atoms with Crippen LogP contribution < -0.4 is 11.1 Å². The van der Waals surface area contributed by atoms with Crippen LogP contribution in [0.3, 0.4) is 0 Å². The van der Waals surface area contributed by atoms with Crippen LogP contribution in [0.1, 0.15) is 49.7 Å². The minimum atomic E-state index is 0. The molecule has 0 saturated carbocycles. The third-order valence-corrected chi connectivity index (χ3v) is 4.29. The molecular formula is C18H31Cl2N3O. The van der Waals surface area contributed by atoms with E-state index in [1.807, 2.05) is 6.07 Å². The normalized spacial score (nSPS) is 14.9. The molecule has 0 spiro atoms. The predicted molar refractivity (Wildman–Crippen MR) is 105 cm³/mol. The number of benzene rings is 1. The quantitative estimate of drug-likeness (QED) is 0.768. The molecule has 2 rings (SSSR count). The molecule has 1 aliphatic rings. The Balaban J connectivity index is 0.00000264. The third-order valence-electron chi connectivity index (χ3n) is 4.29. The number of likely N-dealkylation sites (tertiary alicyclic amines) is 1. The first-order chi connectivity index (χ1) is 10.8. The van der Waals surface area contributed by atoms with Crippen LogP contribution in [0.2, 0.25) is 0 Å². The molecule has 4 nitrogen and oxygen atoms in total. The monoisotopic (exact) mass is 375 g/mol. The summed E-state index contributed by atoms with van der Waals surface area (Å²) in [6.07, 6.45) is 6.59. The predicted octanol–water partition coefficient (Wildman–Crippen LogP) is 3.26. The summed E-state index contributed by atoms with van der Waals surface area (Å²) >= 11 is 0. The third kappa shape index (κ3) is 8.34. The van der Waals surface area contributed by atoms with Crippen LogP contribution in [-0.4, -0.2) is 30.4 Å². The smallest absolute Gasteiger partial charge is 0.220 e. The minimum absolute atomic E-state index is 0. The van der Waals surface area contributed by atoms with Crippen molar-refractivity contribution in [3.05, 3.63) is 35.4 Å². The highest BCUT2D eigenvalue weighted by Crippen LogP contribution is 2.16. The van der Waals surface area contributed by atoms with Gasteiger partial charge in [-0.15, -0.1) is 24.8 Å². The fourth-order valence-electron chi connectivity index (χ4n) is 2.96. The average molecular weight is 376 g/mol. The standard InChI is InChI=1S/C18H29N3O.2ClH/c19-11-7-10-18(22)20-14-16-8-3-4-9-17(16)15-21-12-5-1-2-6-13-21;;/h3-4,8-9H,1-2,5-7,10-15,19H2,(H,20,22);2*1H. The number of halogens is 2. The Bertz CT molecular complexity index is 463. The summed E-state index contributed by atoms with van der Waals surface area (Å²) in [7, 11) is 0. The average Bonchev–Trinajstić information content (AvgIpc) is 2.81. The first-order valence-electron chi connectivity index (χ1n) is 8.55. The summed E-state index contributed by atoms with van der Waals surface area (Å²) in [5.74, 6) is 0.0926. The molecule has 1 fully saturated rings. The van der Waals surface area contributed by atoms with E-state index >= 15 is 0 Å². The molecule has 1 saturated heterocycles. The largest absolute Gasteiger partial charge is 0.352 e. The fraction of sp³-hybridized carbons (Fsp3) is 0.611. The summed E-state index contributed by atoms with van der Waals surface area (Å²) in [5.41, 5.74) is 8.01. The Hall–Kier alpha value is -0.810. The van der Waals surface area contributed by atoms with E-state index in [2.05, 4.69) is 28.4 Å². The Labute approximate surface area is 158 Å². The van der Waals surface area contributed by atoms with Crippen LogP contribution in [0, 0.1) is 0 Å². The van der Waals surface area contributed by atoms with Gasteiger partial charge in [-0.25, -0.2) is 0 Å². The van der Waals surface area contributed by atoms with E-state index in [-0.39, 0.29) is 30.7 Å². The van der Waals surface area contributed by atoms with Gasteiger partial charge in [-0.3, -0.25) is 9.69 Å². The molecule has 3 N–H and O–H groups in total. The number of carbonyl (C=O) groups is 1. The van der Waals surface area contributed by atoms with Crippen molar-refractivity contribution in [3.8, 4) is 0 Å². The van der Waals surface area contributed by atoms with E-state index in [4.69, 9.17) is 5.73 Å². The van der Waals surface area contributed by atoms with E-state index in [0.717, 1.165) is 13.0 Å². The number of nitrogens with one attached hydrogen (secondary N) is 1. The van der Waals surface area contributed by atoms with Crippen molar-refractivity contribution in [2.24, 2.45) is 5.73 Å². The molecule has 138 valence electrons. The molecule has 0 unspecified atom stereocenters. The van der Waals surface area contributed by atoms with Crippen molar-refractivity contribution < 1.29 is 4.79 Å². The molecule has 0 aliphatic carbocycles. The molecule has 0 aromatic heterocycles. The van der Waals surface area contributed by atoms with E-state index < -0.39 is 0 Å². The number of nitrogens with zero attached hydrogens (tertiary/aromatic N) is 1. The Morgan fingerprint density at radius 3 is 2.29 bits per heavy atom. The number of hydrogen-bond acceptors (Lipinski definition) is 3. The van der Waals surface area contributed by atoms with E-state index in [1.54, 1.807) is 0 Å². The first-order valence-corrected chi connectivity index (χ1v) is 8.55. The first kappa shape index (κ1) is 23.2. The van der Waals surface area contributed by atoms with E-state index in [9.17, 15) is 4.79 Å². The van der Waals surface area contributed by atoms with Gasteiger partial charge in [0.05, 0.1) is 0 Å². The minimum Gasteiger partial charge on any atom is -0.352 e. The van der Waals surface area contributed by atoms with E-state index in [0.29, 0.717) is 19.5 Å². The Morgan fingerprint density at radius 2 is 1.67 bits per heavy atom. The van der Waals surface area contributed by atoms with Crippen LogP contribution in [0.4, 0.5) is 0 Å². The second kappa shape index (κ2) is 13.5. The Kier molecular flexibility index (Phi) is 13.0. The highest BCUT2D eigenvalue weighted by atomic mass is 35.5. The van der Waals surface area contributed by atoms with Crippen LogP contribution >= 0.6 is 24.8 Å². The summed E-state index contributed by atoms with van der Waals surface area (Å²) < 4.78 is 0. The maximum absolute atomic E-state index is 11.7. The van der Waals surface area contributed by atoms with Crippen LogP contribution in [0.5, 0.6) is 0 Å². The van der Waals surface area contributed by atoms with Crippen molar-refractivity contribution in [3.63, 3.8) is 0 Å². The van der Waals surface area contributed by atoms with Gasteiger partial charge in [-0.1, -0.05) is 37.1 Å². The van der Waals surface area contributed by atoms with Crippen molar-refractivity contribution >= 4 is 30.7 Å². The van der Waals surface area contributed by atoms with Gasteiger partial charge in [0.2, 0.25) is 5.91 Å². The maximum atomic E-state index is 11.7. The molecular weight excluding hydrogens is 345 g/mol. The van der Waals surface area contributed by atoms with E-state index in [1.165, 1.54) is 49.9 Å². The summed E-state index contributed by atoms with van der Waals surface area (Å²) in [4.78, 5) is 14.3. The zero-order valence-corrected chi connectivity index (χ0v) is 16.0. The molecule has 0 bridgehead atoms. The topological polar surface area (TPSA) is 58.4 Å². The molecule has 0 radical (unpaired) electrons. The van der Waals surface area contributed by atoms with Gasteiger partial charge < -0.3 is 11.1 Å². The summed E-state index contributed by atoms with van der Waals surface area (Å²) in [6.45, 7) is 4.57. The van der Waals surface area contributed by atoms with Gasteiger partial charge >= 0.3 is 0 Å².